The number of H-pyrrole nitrogens is 1. The van der Waals surface area contributed by atoms with Crippen LogP contribution < -0.4 is 11.4 Å². The zero-order chi connectivity index (χ0) is 14.9. The highest BCUT2D eigenvalue weighted by Gasteiger charge is 2.17. The number of nitrogens with one attached hydrogen (secondary N) is 1. The lowest BCUT2D eigenvalue weighted by molar-refractivity contribution is 0.149. The van der Waals surface area contributed by atoms with E-state index in [0.717, 1.165) is 4.57 Å². The van der Waals surface area contributed by atoms with Crippen LogP contribution in [-0.2, 0) is 4.74 Å². The third-order valence-corrected chi connectivity index (χ3v) is 2.79. The van der Waals surface area contributed by atoms with Crippen LogP contribution in [0.3, 0.4) is 0 Å². The van der Waals surface area contributed by atoms with Gasteiger partial charge in [-0.1, -0.05) is 23.2 Å². The highest BCUT2D eigenvalue weighted by atomic mass is 35.5. The Labute approximate surface area is 122 Å². The lowest BCUT2D eigenvalue weighted by atomic mass is 10.3. The number of aromatic nitrogens is 3. The first-order valence-electron chi connectivity index (χ1n) is 5.51. The van der Waals surface area contributed by atoms with E-state index in [-0.39, 0.29) is 22.3 Å². The van der Waals surface area contributed by atoms with Crippen LogP contribution in [0, 0.1) is 0 Å². The molecule has 20 heavy (non-hydrogen) atoms. The fraction of sp³-hybridized carbons (Fsp3) is 0.182. The molecule has 1 aromatic carbocycles. The van der Waals surface area contributed by atoms with E-state index in [2.05, 4.69) is 9.84 Å². The van der Waals surface area contributed by atoms with Gasteiger partial charge >= 0.3 is 17.5 Å². The van der Waals surface area contributed by atoms with Crippen molar-refractivity contribution in [3.8, 4) is 5.69 Å². The molecule has 0 aliphatic heterocycles. The second kappa shape index (κ2) is 5.56. The Kier molecular flexibility index (Phi) is 4.01. The molecule has 1 heterocycles. The summed E-state index contributed by atoms with van der Waals surface area (Å²) in [4.78, 5) is 35.3. The number of carbonyl (C=O) groups is 1. The topological polar surface area (TPSA) is 86.1 Å². The van der Waals surface area contributed by atoms with E-state index in [1.807, 2.05) is 0 Å². The van der Waals surface area contributed by atoms with Crippen molar-refractivity contribution in [2.45, 2.75) is 6.92 Å². The fourth-order valence-corrected chi connectivity index (χ4v) is 2.10. The Morgan fingerprint density at radius 3 is 2.40 bits per heavy atom. The third kappa shape index (κ3) is 2.63. The zero-order valence-corrected chi connectivity index (χ0v) is 11.7. The number of carbonyl (C=O) groups excluding carboxylic acids is 1. The van der Waals surface area contributed by atoms with Crippen molar-refractivity contribution in [2.24, 2.45) is 0 Å². The number of hydrogen-bond donors (Lipinski definition) is 1. The lowest BCUT2D eigenvalue weighted by Gasteiger charge is -2.01. The van der Waals surface area contributed by atoms with E-state index >= 15 is 0 Å². The van der Waals surface area contributed by atoms with E-state index in [9.17, 15) is 14.4 Å². The third-order valence-electron chi connectivity index (χ3n) is 2.35. The first-order chi connectivity index (χ1) is 9.43. The number of nitrogens with zero attached hydrogens (tertiary/aromatic N) is 2. The van der Waals surface area contributed by atoms with Crippen molar-refractivity contribution in [3.63, 3.8) is 0 Å². The monoisotopic (exact) mass is 317 g/mol. The summed E-state index contributed by atoms with van der Waals surface area (Å²) < 4.78 is 5.85. The Morgan fingerprint density at radius 1 is 1.25 bits per heavy atom. The van der Waals surface area contributed by atoms with E-state index in [4.69, 9.17) is 23.2 Å². The van der Waals surface area contributed by atoms with Gasteiger partial charge < -0.3 is 4.74 Å². The number of hydrogen-bond acceptors (Lipinski definition) is 4. The first-order valence-corrected chi connectivity index (χ1v) is 6.27. The standard InChI is InChI=1S/C11H9Cl2N3O4/c1-2-20-11(19)16-10(18)15(9(17)14-16)8-4-6(12)3-7(13)5-8/h3-5H,2H2,1H3,(H,14,17). The van der Waals surface area contributed by atoms with Crippen LogP contribution in [0.4, 0.5) is 4.79 Å². The van der Waals surface area contributed by atoms with Crippen molar-refractivity contribution >= 4 is 29.3 Å². The quantitative estimate of drug-likeness (QED) is 0.912. The Balaban J connectivity index is 2.61. The number of halogens is 2. The van der Waals surface area contributed by atoms with E-state index in [1.165, 1.54) is 18.2 Å². The van der Waals surface area contributed by atoms with Crippen LogP contribution >= 0.6 is 23.2 Å². The van der Waals surface area contributed by atoms with Crippen molar-refractivity contribution < 1.29 is 9.53 Å². The molecular weight excluding hydrogens is 309 g/mol. The second-order valence-corrected chi connectivity index (χ2v) is 4.57. The summed E-state index contributed by atoms with van der Waals surface area (Å²) in [5.74, 6) is 0. The molecule has 0 atom stereocenters. The van der Waals surface area contributed by atoms with Gasteiger partial charge in [0.1, 0.15) is 0 Å². The molecule has 0 bridgehead atoms. The number of aromatic amines is 1. The largest absolute Gasteiger partial charge is 0.448 e. The normalized spacial score (nSPS) is 10.6. The van der Waals surface area contributed by atoms with Crippen molar-refractivity contribution in [3.05, 3.63) is 49.2 Å². The fourth-order valence-electron chi connectivity index (χ4n) is 1.59. The van der Waals surface area contributed by atoms with Gasteiger partial charge in [-0.2, -0.15) is 0 Å². The summed E-state index contributed by atoms with van der Waals surface area (Å²) in [6.45, 7) is 1.65. The molecule has 0 saturated carbocycles. The van der Waals surface area contributed by atoms with E-state index in [1.54, 1.807) is 6.92 Å². The summed E-state index contributed by atoms with van der Waals surface area (Å²) in [6.07, 6.45) is -0.971. The maximum atomic E-state index is 12.0. The molecule has 0 spiro atoms. The van der Waals surface area contributed by atoms with Gasteiger partial charge in [-0.3, -0.25) is 0 Å². The van der Waals surface area contributed by atoms with Crippen molar-refractivity contribution in [1.82, 2.24) is 14.3 Å². The van der Waals surface area contributed by atoms with Crippen molar-refractivity contribution in [2.75, 3.05) is 6.61 Å². The maximum Gasteiger partial charge on any atom is 0.437 e. The van der Waals surface area contributed by atoms with Gasteiger partial charge in [-0.05, 0) is 25.1 Å². The van der Waals surface area contributed by atoms with Gasteiger partial charge in [0.15, 0.2) is 0 Å². The number of benzene rings is 1. The Morgan fingerprint density at radius 2 is 1.85 bits per heavy atom. The molecule has 0 aliphatic carbocycles. The summed E-state index contributed by atoms with van der Waals surface area (Å²) >= 11 is 11.6. The van der Waals surface area contributed by atoms with Crippen LogP contribution in [0.2, 0.25) is 10.0 Å². The predicted octanol–water partition coefficient (Wildman–Crippen LogP) is 1.64. The molecule has 0 unspecified atom stereocenters. The highest BCUT2D eigenvalue weighted by Crippen LogP contribution is 2.20. The SMILES string of the molecule is CCOC(=O)n1[nH]c(=O)n(-c2cc(Cl)cc(Cl)c2)c1=O. The smallest absolute Gasteiger partial charge is 0.437 e. The average Bonchev–Trinajstić information content (AvgIpc) is 2.64. The summed E-state index contributed by atoms with van der Waals surface area (Å²) in [5.41, 5.74) is -1.55. The van der Waals surface area contributed by atoms with Crippen LogP contribution in [-0.4, -0.2) is 27.0 Å². The molecule has 0 fully saturated rings. The summed E-state index contributed by atoms with van der Waals surface area (Å²) in [7, 11) is 0. The molecule has 0 aliphatic rings. The molecule has 0 radical (unpaired) electrons. The summed E-state index contributed by atoms with van der Waals surface area (Å²) in [6, 6.07) is 4.20. The molecule has 2 rings (SSSR count). The summed E-state index contributed by atoms with van der Waals surface area (Å²) in [5, 5.41) is 2.59. The average molecular weight is 318 g/mol. The molecule has 106 valence electrons. The van der Waals surface area contributed by atoms with Gasteiger partial charge in [0.05, 0.1) is 12.3 Å². The molecule has 0 amide bonds. The molecule has 0 saturated heterocycles. The minimum Gasteiger partial charge on any atom is -0.448 e. The number of rotatable bonds is 2. The van der Waals surface area contributed by atoms with Gasteiger partial charge in [-0.15, -0.1) is 4.68 Å². The highest BCUT2D eigenvalue weighted by molar-refractivity contribution is 6.34. The van der Waals surface area contributed by atoms with Crippen LogP contribution in [0.15, 0.2) is 27.8 Å². The maximum absolute atomic E-state index is 12.0. The van der Waals surface area contributed by atoms with Crippen LogP contribution in [0.5, 0.6) is 0 Å². The predicted molar refractivity (Wildman–Crippen MR) is 73.1 cm³/mol. The van der Waals surface area contributed by atoms with Crippen molar-refractivity contribution in [1.29, 1.82) is 0 Å². The van der Waals surface area contributed by atoms with Crippen LogP contribution in [0.25, 0.3) is 5.69 Å². The zero-order valence-electron chi connectivity index (χ0n) is 10.2. The van der Waals surface area contributed by atoms with E-state index in [0.29, 0.717) is 4.68 Å². The minimum atomic E-state index is -0.971. The number of ether oxygens (including phenoxy) is 1. The minimum absolute atomic E-state index is 0.0709. The van der Waals surface area contributed by atoms with Gasteiger partial charge in [0.25, 0.3) is 0 Å². The molecule has 7 nitrogen and oxygen atoms in total. The Hall–Kier alpha value is -1.99. The molecule has 2 aromatic rings. The van der Waals surface area contributed by atoms with E-state index < -0.39 is 17.5 Å². The molecule has 9 heteroatoms. The first kappa shape index (κ1) is 14.4. The molecule has 1 aromatic heterocycles. The second-order valence-electron chi connectivity index (χ2n) is 3.70. The Bertz CT molecular complexity index is 754. The van der Waals surface area contributed by atoms with Crippen LogP contribution in [0.1, 0.15) is 6.92 Å². The van der Waals surface area contributed by atoms with Gasteiger partial charge in [0.2, 0.25) is 0 Å². The molecule has 1 N–H and O–H groups in total. The van der Waals surface area contributed by atoms with Gasteiger partial charge in [0, 0.05) is 10.0 Å². The molecular formula is C11H9Cl2N3O4. The van der Waals surface area contributed by atoms with Gasteiger partial charge in [-0.25, -0.2) is 24.0 Å². The lowest BCUT2D eigenvalue weighted by Crippen LogP contribution is -2.31.